The third kappa shape index (κ3) is 11.1. The van der Waals surface area contributed by atoms with Gasteiger partial charge in [0.25, 0.3) is 5.69 Å². The van der Waals surface area contributed by atoms with Crippen molar-refractivity contribution in [3.8, 4) is 11.5 Å². The first-order chi connectivity index (χ1) is 18.0. The van der Waals surface area contributed by atoms with Crippen molar-refractivity contribution in [1.29, 1.82) is 0 Å². The number of ether oxygens (including phenoxy) is 2. The monoisotopic (exact) mass is 528 g/mol. The SMILES string of the molecule is CC(C)CCN(CCO)c1ccc(N)cc1.COc1cc(N)c(OC)cc1N.Nc1ccc([N+](=O)[O-])cc1. The first-order valence-corrected chi connectivity index (χ1v) is 12.0. The quantitative estimate of drug-likeness (QED) is 0.153. The molecule has 38 heavy (non-hydrogen) atoms. The Labute approximate surface area is 224 Å². The maximum atomic E-state index is 10.1. The van der Waals surface area contributed by atoms with Crippen LogP contribution in [-0.4, -0.2) is 43.9 Å². The highest BCUT2D eigenvalue weighted by Gasteiger charge is 2.07. The third-order valence-corrected chi connectivity index (χ3v) is 5.29. The summed E-state index contributed by atoms with van der Waals surface area (Å²) in [4.78, 5) is 11.8. The van der Waals surface area contributed by atoms with Gasteiger partial charge in [0, 0.05) is 54.4 Å². The summed E-state index contributed by atoms with van der Waals surface area (Å²) in [5.41, 5.74) is 25.7. The van der Waals surface area contributed by atoms with Crippen molar-refractivity contribution in [2.75, 3.05) is 61.8 Å². The smallest absolute Gasteiger partial charge is 0.269 e. The molecule has 0 aliphatic rings. The minimum absolute atomic E-state index is 0.0641. The summed E-state index contributed by atoms with van der Waals surface area (Å²) in [6.45, 7) is 6.25. The minimum Gasteiger partial charge on any atom is -0.495 e. The van der Waals surface area contributed by atoms with E-state index in [4.69, 9.17) is 37.5 Å². The molecule has 0 bridgehead atoms. The Hall–Kier alpha value is -4.38. The minimum atomic E-state index is -0.459. The van der Waals surface area contributed by atoms with Crippen LogP contribution in [0, 0.1) is 16.0 Å². The lowest BCUT2D eigenvalue weighted by molar-refractivity contribution is -0.384. The molecule has 0 aromatic heterocycles. The van der Waals surface area contributed by atoms with E-state index in [9.17, 15) is 10.1 Å². The van der Waals surface area contributed by atoms with Crippen molar-refractivity contribution in [1.82, 2.24) is 0 Å². The Morgan fingerprint density at radius 3 is 1.66 bits per heavy atom. The van der Waals surface area contributed by atoms with Crippen LogP contribution in [0.4, 0.5) is 34.1 Å². The molecule has 0 aliphatic carbocycles. The van der Waals surface area contributed by atoms with Crippen LogP contribution >= 0.6 is 0 Å². The number of hydrogen-bond donors (Lipinski definition) is 5. The molecule has 11 heteroatoms. The zero-order valence-corrected chi connectivity index (χ0v) is 22.5. The molecule has 0 heterocycles. The van der Waals surface area contributed by atoms with Crippen LogP contribution in [-0.2, 0) is 0 Å². The van der Waals surface area contributed by atoms with E-state index in [2.05, 4.69) is 18.7 Å². The maximum absolute atomic E-state index is 10.1. The fraction of sp³-hybridized carbons (Fsp3) is 0.333. The van der Waals surface area contributed by atoms with Gasteiger partial charge < -0.3 is 42.4 Å². The van der Waals surface area contributed by atoms with Gasteiger partial charge in [-0.2, -0.15) is 0 Å². The van der Waals surface area contributed by atoms with E-state index in [-0.39, 0.29) is 12.3 Å². The summed E-state index contributed by atoms with van der Waals surface area (Å²) in [5.74, 6) is 1.80. The van der Waals surface area contributed by atoms with Gasteiger partial charge >= 0.3 is 0 Å². The zero-order valence-electron chi connectivity index (χ0n) is 22.5. The summed E-state index contributed by atoms with van der Waals surface area (Å²) >= 11 is 0. The number of anilines is 5. The molecule has 0 unspecified atom stereocenters. The number of methoxy groups -OCH3 is 2. The molecule has 3 aromatic carbocycles. The molecule has 0 fully saturated rings. The van der Waals surface area contributed by atoms with Crippen molar-refractivity contribution in [3.63, 3.8) is 0 Å². The van der Waals surface area contributed by atoms with Gasteiger partial charge in [0.15, 0.2) is 0 Å². The summed E-state index contributed by atoms with van der Waals surface area (Å²) in [6.07, 6.45) is 1.13. The average molecular weight is 529 g/mol. The highest BCUT2D eigenvalue weighted by atomic mass is 16.6. The molecule has 0 aliphatic heterocycles. The van der Waals surface area contributed by atoms with Crippen molar-refractivity contribution < 1.29 is 19.5 Å². The highest BCUT2D eigenvalue weighted by Crippen LogP contribution is 2.32. The van der Waals surface area contributed by atoms with Gasteiger partial charge in [0.1, 0.15) is 11.5 Å². The Kier molecular flexibility index (Phi) is 13.6. The molecule has 208 valence electrons. The van der Waals surface area contributed by atoms with Crippen LogP contribution in [0.3, 0.4) is 0 Å². The van der Waals surface area contributed by atoms with E-state index >= 15 is 0 Å². The number of nitro groups is 1. The number of aliphatic hydroxyl groups is 1. The second-order valence-corrected chi connectivity index (χ2v) is 8.67. The van der Waals surface area contributed by atoms with Crippen molar-refractivity contribution in [3.05, 3.63) is 70.8 Å². The molecule has 0 spiro atoms. The van der Waals surface area contributed by atoms with E-state index in [1.807, 2.05) is 24.3 Å². The third-order valence-electron chi connectivity index (χ3n) is 5.29. The van der Waals surface area contributed by atoms with Crippen LogP contribution < -0.4 is 37.3 Å². The first kappa shape index (κ1) is 31.6. The van der Waals surface area contributed by atoms with Crippen LogP contribution in [0.25, 0.3) is 0 Å². The molecule has 9 N–H and O–H groups in total. The van der Waals surface area contributed by atoms with Crippen LogP contribution in [0.2, 0.25) is 0 Å². The maximum Gasteiger partial charge on any atom is 0.269 e. The summed E-state index contributed by atoms with van der Waals surface area (Å²) < 4.78 is 9.93. The van der Waals surface area contributed by atoms with Gasteiger partial charge in [0.2, 0.25) is 0 Å². The predicted molar refractivity (Wildman–Crippen MR) is 155 cm³/mol. The number of aliphatic hydroxyl groups excluding tert-OH is 1. The highest BCUT2D eigenvalue weighted by molar-refractivity contribution is 5.67. The zero-order chi connectivity index (χ0) is 28.7. The number of nitrogens with zero attached hydrogens (tertiary/aromatic N) is 2. The fourth-order valence-electron chi connectivity index (χ4n) is 3.13. The lowest BCUT2D eigenvalue weighted by Crippen LogP contribution is -2.28. The molecule has 0 radical (unpaired) electrons. The van der Waals surface area contributed by atoms with Crippen molar-refractivity contribution >= 4 is 34.1 Å². The number of nitro benzene ring substituents is 1. The lowest BCUT2D eigenvalue weighted by atomic mass is 10.1. The molecule has 0 amide bonds. The van der Waals surface area contributed by atoms with E-state index in [1.165, 1.54) is 38.5 Å². The predicted octanol–water partition coefficient (Wildman–Crippen LogP) is 4.16. The van der Waals surface area contributed by atoms with Gasteiger partial charge in [-0.1, -0.05) is 13.8 Å². The van der Waals surface area contributed by atoms with Gasteiger partial charge in [-0.3, -0.25) is 10.1 Å². The molecule has 0 saturated heterocycles. The second-order valence-electron chi connectivity index (χ2n) is 8.67. The van der Waals surface area contributed by atoms with E-state index in [1.54, 1.807) is 12.1 Å². The Morgan fingerprint density at radius 2 is 1.29 bits per heavy atom. The second kappa shape index (κ2) is 16.4. The Morgan fingerprint density at radius 1 is 0.842 bits per heavy atom. The van der Waals surface area contributed by atoms with Crippen LogP contribution in [0.1, 0.15) is 20.3 Å². The lowest BCUT2D eigenvalue weighted by Gasteiger charge is -2.25. The van der Waals surface area contributed by atoms with E-state index in [0.29, 0.717) is 41.0 Å². The molecular weight excluding hydrogens is 488 g/mol. The van der Waals surface area contributed by atoms with E-state index in [0.717, 1.165) is 24.3 Å². The van der Waals surface area contributed by atoms with Crippen molar-refractivity contribution in [2.45, 2.75) is 20.3 Å². The number of non-ortho nitro benzene ring substituents is 1. The van der Waals surface area contributed by atoms with Crippen molar-refractivity contribution in [2.24, 2.45) is 5.92 Å². The standard InChI is InChI=1S/C13H22N2O.C8H12N2O2.C6H6N2O2/c1-11(2)7-8-15(9-10-16)13-5-3-12(14)4-6-13;1-11-7-3-6(10)8(12-2)4-5(7)9;7-5-1-3-6(4-2-5)8(9)10/h3-6,11,16H,7-10,14H2,1-2H3;3-4H,9-10H2,1-2H3;1-4H,7H2. The topological polar surface area (TPSA) is 189 Å². The van der Waals surface area contributed by atoms with Gasteiger partial charge in [-0.15, -0.1) is 0 Å². The Bertz CT molecular complexity index is 1080. The number of hydrogen-bond acceptors (Lipinski definition) is 10. The van der Waals surface area contributed by atoms with Crippen LogP contribution in [0.15, 0.2) is 60.7 Å². The van der Waals surface area contributed by atoms with Crippen LogP contribution in [0.5, 0.6) is 11.5 Å². The first-order valence-electron chi connectivity index (χ1n) is 12.0. The molecule has 0 saturated carbocycles. The number of nitrogens with two attached hydrogens (primary N) is 4. The van der Waals surface area contributed by atoms with Gasteiger partial charge in [0.05, 0.1) is 37.1 Å². The largest absolute Gasteiger partial charge is 0.495 e. The van der Waals surface area contributed by atoms with E-state index < -0.39 is 4.92 Å². The summed E-state index contributed by atoms with van der Waals surface area (Å²) in [7, 11) is 3.08. The normalized spacial score (nSPS) is 9.95. The summed E-state index contributed by atoms with van der Waals surface area (Å²) in [6, 6.07) is 16.8. The average Bonchev–Trinajstić information content (AvgIpc) is 2.89. The molecule has 3 aromatic rings. The molecule has 3 rings (SSSR count). The molecule has 11 nitrogen and oxygen atoms in total. The fourth-order valence-corrected chi connectivity index (χ4v) is 3.13. The number of rotatable bonds is 9. The number of nitrogen functional groups attached to an aromatic ring is 4. The molecular formula is C27H40N6O5. The molecule has 0 atom stereocenters. The van der Waals surface area contributed by atoms with Gasteiger partial charge in [-0.25, -0.2) is 0 Å². The number of benzene rings is 3. The summed E-state index contributed by atoms with van der Waals surface area (Å²) in [5, 5.41) is 19.1. The van der Waals surface area contributed by atoms with Gasteiger partial charge in [-0.05, 0) is 48.7 Å². The Balaban J connectivity index is 0.000000294.